The normalized spacial score (nSPS) is 12.1. The molecule has 0 aromatic carbocycles. The first-order valence-corrected chi connectivity index (χ1v) is 6.96. The number of rotatable bonds is 4. The quantitative estimate of drug-likeness (QED) is 0.933. The zero-order valence-electron chi connectivity index (χ0n) is 13.2. The molecule has 0 aliphatic heterocycles. The van der Waals surface area contributed by atoms with Gasteiger partial charge in [0.05, 0.1) is 11.4 Å². The van der Waals surface area contributed by atoms with Crippen LogP contribution in [0.5, 0.6) is 0 Å². The van der Waals surface area contributed by atoms with Gasteiger partial charge in [-0.2, -0.15) is 5.10 Å². The molecule has 1 N–H and O–H groups in total. The molecular weight excluding hydrogens is 252 g/mol. The van der Waals surface area contributed by atoms with Crippen LogP contribution in [0.1, 0.15) is 49.2 Å². The van der Waals surface area contributed by atoms with E-state index in [9.17, 15) is 0 Å². The third-order valence-corrected chi connectivity index (χ3v) is 3.46. The molecule has 110 valence electrons. The lowest BCUT2D eigenvalue weighted by molar-refractivity contribution is 0.356. The Labute approximate surface area is 120 Å². The Kier molecular flexibility index (Phi) is 3.99. The zero-order valence-corrected chi connectivity index (χ0v) is 13.2. The van der Waals surface area contributed by atoms with Crippen molar-refractivity contribution in [1.29, 1.82) is 0 Å². The molecule has 0 saturated heterocycles. The van der Waals surface area contributed by atoms with E-state index in [0.717, 1.165) is 17.1 Å². The Morgan fingerprint density at radius 1 is 1.25 bits per heavy atom. The molecule has 2 aromatic rings. The van der Waals surface area contributed by atoms with E-state index in [0.29, 0.717) is 13.1 Å². The molecule has 0 atom stereocenters. The minimum absolute atomic E-state index is 0.0753. The molecule has 2 aromatic heterocycles. The molecule has 0 bridgehead atoms. The van der Waals surface area contributed by atoms with Crippen LogP contribution in [0.25, 0.3) is 0 Å². The van der Waals surface area contributed by atoms with Gasteiger partial charge in [0.2, 0.25) is 0 Å². The average Bonchev–Trinajstić information content (AvgIpc) is 2.88. The molecule has 0 aliphatic carbocycles. The van der Waals surface area contributed by atoms with Crippen molar-refractivity contribution in [3.63, 3.8) is 0 Å². The van der Waals surface area contributed by atoms with E-state index in [4.69, 9.17) is 4.52 Å². The molecule has 20 heavy (non-hydrogen) atoms. The third kappa shape index (κ3) is 3.48. The van der Waals surface area contributed by atoms with E-state index in [1.54, 1.807) is 0 Å². The van der Waals surface area contributed by atoms with Crippen molar-refractivity contribution in [2.45, 2.75) is 60.2 Å². The van der Waals surface area contributed by atoms with Crippen molar-refractivity contribution < 1.29 is 4.52 Å². The summed E-state index contributed by atoms with van der Waals surface area (Å²) < 4.78 is 7.35. The van der Waals surface area contributed by atoms with Crippen LogP contribution in [0, 0.1) is 20.8 Å². The van der Waals surface area contributed by atoms with Crippen LogP contribution in [0.3, 0.4) is 0 Å². The Morgan fingerprint density at radius 2 is 1.95 bits per heavy atom. The van der Waals surface area contributed by atoms with Gasteiger partial charge in [0, 0.05) is 23.8 Å². The lowest BCUT2D eigenvalue weighted by atomic mass is 10.1. The van der Waals surface area contributed by atoms with E-state index in [1.165, 1.54) is 11.3 Å². The fourth-order valence-corrected chi connectivity index (χ4v) is 1.96. The molecule has 5 nitrogen and oxygen atoms in total. The van der Waals surface area contributed by atoms with E-state index in [2.05, 4.69) is 50.2 Å². The SMILES string of the molecule is Cc1nn(Cc2cc(CNC(C)(C)C)no2)c(C)c1C. The Hall–Kier alpha value is -1.62. The van der Waals surface area contributed by atoms with E-state index >= 15 is 0 Å². The Bertz CT molecular complexity index is 590. The monoisotopic (exact) mass is 276 g/mol. The van der Waals surface area contributed by atoms with Gasteiger partial charge in [-0.05, 0) is 47.1 Å². The highest BCUT2D eigenvalue weighted by Gasteiger charge is 2.13. The van der Waals surface area contributed by atoms with Crippen molar-refractivity contribution >= 4 is 0 Å². The molecule has 0 aliphatic rings. The van der Waals surface area contributed by atoms with Crippen LogP contribution in [0.2, 0.25) is 0 Å². The van der Waals surface area contributed by atoms with Crippen molar-refractivity contribution in [1.82, 2.24) is 20.3 Å². The van der Waals surface area contributed by atoms with Gasteiger partial charge in [0.15, 0.2) is 5.76 Å². The van der Waals surface area contributed by atoms with Crippen molar-refractivity contribution in [2.24, 2.45) is 0 Å². The third-order valence-electron chi connectivity index (χ3n) is 3.46. The number of hydrogen-bond acceptors (Lipinski definition) is 4. The van der Waals surface area contributed by atoms with Crippen LogP contribution in [0.4, 0.5) is 0 Å². The maximum atomic E-state index is 5.39. The molecule has 0 spiro atoms. The maximum absolute atomic E-state index is 5.39. The molecule has 5 heteroatoms. The minimum Gasteiger partial charge on any atom is -0.359 e. The maximum Gasteiger partial charge on any atom is 0.158 e. The summed E-state index contributed by atoms with van der Waals surface area (Å²) in [5.41, 5.74) is 4.48. The summed E-state index contributed by atoms with van der Waals surface area (Å²) >= 11 is 0. The Morgan fingerprint density at radius 3 is 2.50 bits per heavy atom. The highest BCUT2D eigenvalue weighted by molar-refractivity contribution is 5.22. The minimum atomic E-state index is 0.0753. The summed E-state index contributed by atoms with van der Waals surface area (Å²) in [5.74, 6) is 0.835. The zero-order chi connectivity index (χ0) is 14.9. The fourth-order valence-electron chi connectivity index (χ4n) is 1.96. The van der Waals surface area contributed by atoms with Crippen LogP contribution >= 0.6 is 0 Å². The predicted octanol–water partition coefficient (Wildman–Crippen LogP) is 2.73. The molecular formula is C15H24N4O. The van der Waals surface area contributed by atoms with Gasteiger partial charge in [0.25, 0.3) is 0 Å². The second-order valence-corrected chi connectivity index (χ2v) is 6.34. The van der Waals surface area contributed by atoms with E-state index in [1.807, 2.05) is 17.7 Å². The summed E-state index contributed by atoms with van der Waals surface area (Å²) in [4.78, 5) is 0. The van der Waals surface area contributed by atoms with Gasteiger partial charge in [-0.25, -0.2) is 0 Å². The van der Waals surface area contributed by atoms with Crippen molar-refractivity contribution in [3.8, 4) is 0 Å². The van der Waals surface area contributed by atoms with Crippen LogP contribution in [-0.4, -0.2) is 20.5 Å². The first-order chi connectivity index (χ1) is 9.26. The molecule has 0 saturated carbocycles. The fraction of sp³-hybridized carbons (Fsp3) is 0.600. The number of aromatic nitrogens is 3. The predicted molar refractivity (Wildman–Crippen MR) is 78.6 cm³/mol. The summed E-state index contributed by atoms with van der Waals surface area (Å²) in [6.45, 7) is 13.9. The topological polar surface area (TPSA) is 55.9 Å². The smallest absolute Gasteiger partial charge is 0.158 e. The average molecular weight is 276 g/mol. The molecule has 0 fully saturated rings. The van der Waals surface area contributed by atoms with E-state index in [-0.39, 0.29) is 5.54 Å². The number of aryl methyl sites for hydroxylation is 1. The summed E-state index contributed by atoms with van der Waals surface area (Å²) in [6.07, 6.45) is 0. The second kappa shape index (κ2) is 5.40. The van der Waals surface area contributed by atoms with Crippen LogP contribution in [-0.2, 0) is 13.1 Å². The molecule has 0 amide bonds. The van der Waals surface area contributed by atoms with Crippen molar-refractivity contribution in [3.05, 3.63) is 34.5 Å². The summed E-state index contributed by atoms with van der Waals surface area (Å²) in [5, 5.41) is 12.0. The molecule has 2 rings (SSSR count). The number of hydrogen-bond donors (Lipinski definition) is 1. The van der Waals surface area contributed by atoms with Crippen molar-refractivity contribution in [2.75, 3.05) is 0 Å². The number of nitrogens with one attached hydrogen (secondary N) is 1. The van der Waals surface area contributed by atoms with Gasteiger partial charge in [-0.1, -0.05) is 5.16 Å². The first-order valence-electron chi connectivity index (χ1n) is 6.96. The summed E-state index contributed by atoms with van der Waals surface area (Å²) in [7, 11) is 0. The highest BCUT2D eigenvalue weighted by atomic mass is 16.5. The first kappa shape index (κ1) is 14.8. The van der Waals surface area contributed by atoms with Gasteiger partial charge >= 0.3 is 0 Å². The summed E-state index contributed by atoms with van der Waals surface area (Å²) in [6, 6.07) is 1.99. The molecule has 2 heterocycles. The molecule has 0 unspecified atom stereocenters. The Balaban J connectivity index is 2.04. The van der Waals surface area contributed by atoms with Gasteiger partial charge in [-0.3, -0.25) is 4.68 Å². The largest absolute Gasteiger partial charge is 0.359 e. The van der Waals surface area contributed by atoms with E-state index < -0.39 is 0 Å². The molecule has 0 radical (unpaired) electrons. The van der Waals surface area contributed by atoms with Gasteiger partial charge in [0.1, 0.15) is 6.54 Å². The standard InChI is InChI=1S/C15H24N4O/c1-10-11(2)17-19(12(10)3)9-14-7-13(18-20-14)8-16-15(4,5)6/h7,16H,8-9H2,1-6H3. The highest BCUT2D eigenvalue weighted by Crippen LogP contribution is 2.14. The van der Waals surface area contributed by atoms with Crippen LogP contribution < -0.4 is 5.32 Å². The lowest BCUT2D eigenvalue weighted by Crippen LogP contribution is -2.35. The number of nitrogens with zero attached hydrogens (tertiary/aromatic N) is 3. The lowest BCUT2D eigenvalue weighted by Gasteiger charge is -2.19. The van der Waals surface area contributed by atoms with Gasteiger partial charge < -0.3 is 9.84 Å². The van der Waals surface area contributed by atoms with Crippen LogP contribution in [0.15, 0.2) is 10.6 Å². The second-order valence-electron chi connectivity index (χ2n) is 6.34. The van der Waals surface area contributed by atoms with Gasteiger partial charge in [-0.15, -0.1) is 0 Å².